The molecule has 0 spiro atoms. The topological polar surface area (TPSA) is 98.1 Å². The van der Waals surface area contributed by atoms with Crippen LogP contribution >= 0.6 is 0 Å². The molecule has 0 saturated heterocycles. The first-order chi connectivity index (χ1) is 16.4. The van der Waals surface area contributed by atoms with Crippen molar-refractivity contribution in [1.29, 1.82) is 0 Å². The van der Waals surface area contributed by atoms with Crippen molar-refractivity contribution in [2.24, 2.45) is 13.0 Å². The minimum atomic E-state index is -0.618. The Morgan fingerprint density at radius 1 is 1.15 bits per heavy atom. The van der Waals surface area contributed by atoms with E-state index in [2.05, 4.69) is 20.7 Å². The number of hydrogen-bond acceptors (Lipinski definition) is 5. The number of nitrogens with zero attached hydrogens (tertiary/aromatic N) is 3. The van der Waals surface area contributed by atoms with E-state index in [9.17, 15) is 9.59 Å². The van der Waals surface area contributed by atoms with Crippen molar-refractivity contribution in [1.82, 2.24) is 20.1 Å². The molecule has 178 valence electrons. The van der Waals surface area contributed by atoms with E-state index in [4.69, 9.17) is 4.74 Å². The standard InChI is InChI=1S/C26H31N5O3/c1-17-12-24(18(2)27-14-17)34-22-10-8-20(9-11-22)25(32)30-23(13-19-6-4-5-7-19)26(33)29-21-15-28-31(3)16-21/h8-12,14-16,19,23H,4-7,13H2,1-3H3,(H,29,33)(H,30,32)/t23-/m0/s1. The summed E-state index contributed by atoms with van der Waals surface area (Å²) in [6.45, 7) is 3.84. The monoisotopic (exact) mass is 461 g/mol. The molecule has 0 radical (unpaired) electrons. The van der Waals surface area contributed by atoms with E-state index in [1.807, 2.05) is 19.9 Å². The molecule has 2 heterocycles. The van der Waals surface area contributed by atoms with Gasteiger partial charge in [-0.1, -0.05) is 25.7 Å². The van der Waals surface area contributed by atoms with E-state index in [1.54, 1.807) is 54.6 Å². The third-order valence-corrected chi connectivity index (χ3v) is 6.16. The van der Waals surface area contributed by atoms with Gasteiger partial charge < -0.3 is 15.4 Å². The van der Waals surface area contributed by atoms with Gasteiger partial charge in [-0.15, -0.1) is 0 Å². The lowest BCUT2D eigenvalue weighted by Gasteiger charge is -2.21. The van der Waals surface area contributed by atoms with Crippen LogP contribution in [0.1, 0.15) is 53.7 Å². The Bertz CT molecular complexity index is 1150. The predicted octanol–water partition coefficient (Wildman–Crippen LogP) is 4.54. The van der Waals surface area contributed by atoms with Crippen LogP contribution in [0.25, 0.3) is 0 Å². The number of carbonyl (C=O) groups is 2. The summed E-state index contributed by atoms with van der Waals surface area (Å²) in [5.41, 5.74) is 2.88. The molecule has 1 atom stereocenters. The zero-order valence-electron chi connectivity index (χ0n) is 19.9. The highest BCUT2D eigenvalue weighted by atomic mass is 16.5. The summed E-state index contributed by atoms with van der Waals surface area (Å²) in [7, 11) is 1.79. The number of benzene rings is 1. The number of aryl methyl sites for hydroxylation is 3. The number of carbonyl (C=O) groups excluding carboxylic acids is 2. The molecule has 8 nitrogen and oxygen atoms in total. The maximum atomic E-state index is 13.0. The summed E-state index contributed by atoms with van der Waals surface area (Å²) < 4.78 is 7.56. The van der Waals surface area contributed by atoms with E-state index in [0.717, 1.165) is 24.1 Å². The first-order valence-corrected chi connectivity index (χ1v) is 11.7. The molecule has 0 aliphatic heterocycles. The van der Waals surface area contributed by atoms with E-state index in [0.29, 0.717) is 35.1 Å². The average molecular weight is 462 g/mol. The molecule has 2 amide bonds. The SMILES string of the molecule is Cc1cnc(C)c(Oc2ccc(C(=O)N[C@@H](CC3CCCC3)C(=O)Nc3cnn(C)c3)cc2)c1. The fourth-order valence-electron chi connectivity index (χ4n) is 4.28. The van der Waals surface area contributed by atoms with Crippen molar-refractivity contribution in [3.05, 3.63) is 65.7 Å². The minimum Gasteiger partial charge on any atom is -0.455 e. The number of ether oxygens (including phenoxy) is 1. The Kier molecular flexibility index (Phi) is 7.25. The van der Waals surface area contributed by atoms with Crippen LogP contribution in [0.3, 0.4) is 0 Å². The van der Waals surface area contributed by atoms with Gasteiger partial charge in [-0.3, -0.25) is 19.3 Å². The van der Waals surface area contributed by atoms with Gasteiger partial charge >= 0.3 is 0 Å². The molecule has 0 unspecified atom stereocenters. The number of anilines is 1. The summed E-state index contributed by atoms with van der Waals surface area (Å²) in [6.07, 6.45) is 10.3. The predicted molar refractivity (Wildman–Crippen MR) is 130 cm³/mol. The lowest BCUT2D eigenvalue weighted by atomic mass is 9.97. The Balaban J connectivity index is 1.43. The Labute approximate surface area is 199 Å². The smallest absolute Gasteiger partial charge is 0.251 e. The maximum Gasteiger partial charge on any atom is 0.251 e. The van der Waals surface area contributed by atoms with Crippen molar-refractivity contribution in [3.8, 4) is 11.5 Å². The molecule has 1 aliphatic carbocycles. The lowest BCUT2D eigenvalue weighted by Crippen LogP contribution is -2.44. The molecule has 8 heteroatoms. The van der Waals surface area contributed by atoms with Crippen LogP contribution in [0.5, 0.6) is 11.5 Å². The highest BCUT2D eigenvalue weighted by Crippen LogP contribution is 2.29. The van der Waals surface area contributed by atoms with Crippen LogP contribution in [-0.2, 0) is 11.8 Å². The second-order valence-corrected chi connectivity index (χ2v) is 9.03. The van der Waals surface area contributed by atoms with Crippen molar-refractivity contribution in [2.45, 2.75) is 52.0 Å². The molecular formula is C26H31N5O3. The third kappa shape index (κ3) is 6.01. The van der Waals surface area contributed by atoms with Crippen molar-refractivity contribution in [3.63, 3.8) is 0 Å². The van der Waals surface area contributed by atoms with Crippen LogP contribution in [-0.4, -0.2) is 32.6 Å². The van der Waals surface area contributed by atoms with Crippen LogP contribution in [0.4, 0.5) is 5.69 Å². The molecule has 1 fully saturated rings. The molecule has 34 heavy (non-hydrogen) atoms. The van der Waals surface area contributed by atoms with Gasteiger partial charge in [0.2, 0.25) is 5.91 Å². The van der Waals surface area contributed by atoms with Crippen molar-refractivity contribution < 1.29 is 14.3 Å². The van der Waals surface area contributed by atoms with Gasteiger partial charge in [-0.2, -0.15) is 5.10 Å². The molecule has 0 bridgehead atoms. The quantitative estimate of drug-likeness (QED) is 0.513. The van der Waals surface area contributed by atoms with Crippen LogP contribution in [0.2, 0.25) is 0 Å². The highest BCUT2D eigenvalue weighted by Gasteiger charge is 2.27. The Morgan fingerprint density at radius 2 is 1.88 bits per heavy atom. The summed E-state index contributed by atoms with van der Waals surface area (Å²) in [4.78, 5) is 30.3. The Morgan fingerprint density at radius 3 is 2.56 bits per heavy atom. The van der Waals surface area contributed by atoms with Gasteiger partial charge in [0, 0.05) is 25.0 Å². The molecule has 3 aromatic rings. The van der Waals surface area contributed by atoms with Gasteiger partial charge in [0.05, 0.1) is 17.6 Å². The number of aromatic nitrogens is 3. The largest absolute Gasteiger partial charge is 0.455 e. The number of hydrogen-bond donors (Lipinski definition) is 2. The second kappa shape index (κ2) is 10.5. The second-order valence-electron chi connectivity index (χ2n) is 9.03. The van der Waals surface area contributed by atoms with Crippen molar-refractivity contribution in [2.75, 3.05) is 5.32 Å². The first-order valence-electron chi connectivity index (χ1n) is 11.7. The van der Waals surface area contributed by atoms with Crippen LogP contribution in [0.15, 0.2) is 48.9 Å². The number of nitrogens with one attached hydrogen (secondary N) is 2. The molecule has 1 saturated carbocycles. The van der Waals surface area contributed by atoms with Crippen LogP contribution < -0.4 is 15.4 Å². The van der Waals surface area contributed by atoms with Gasteiger partial charge in [0.1, 0.15) is 17.5 Å². The highest BCUT2D eigenvalue weighted by molar-refractivity contribution is 6.01. The number of amides is 2. The maximum absolute atomic E-state index is 13.0. The van der Waals surface area contributed by atoms with Gasteiger partial charge in [0.15, 0.2) is 0 Å². The molecule has 2 aromatic heterocycles. The molecule has 2 N–H and O–H groups in total. The van der Waals surface area contributed by atoms with E-state index in [1.165, 1.54) is 12.8 Å². The molecule has 1 aliphatic rings. The number of rotatable bonds is 8. The van der Waals surface area contributed by atoms with Gasteiger partial charge in [-0.05, 0) is 62.1 Å². The fourth-order valence-corrected chi connectivity index (χ4v) is 4.28. The molecule has 4 rings (SSSR count). The van der Waals surface area contributed by atoms with Crippen molar-refractivity contribution >= 4 is 17.5 Å². The van der Waals surface area contributed by atoms with E-state index < -0.39 is 6.04 Å². The summed E-state index contributed by atoms with van der Waals surface area (Å²) >= 11 is 0. The third-order valence-electron chi connectivity index (χ3n) is 6.16. The fraction of sp³-hybridized carbons (Fsp3) is 0.385. The minimum absolute atomic E-state index is 0.226. The van der Waals surface area contributed by atoms with E-state index >= 15 is 0 Å². The summed E-state index contributed by atoms with van der Waals surface area (Å²) in [5.74, 6) is 1.22. The van der Waals surface area contributed by atoms with Gasteiger partial charge in [0.25, 0.3) is 5.91 Å². The normalized spacial score (nSPS) is 14.6. The zero-order valence-corrected chi connectivity index (χ0v) is 19.9. The first kappa shape index (κ1) is 23.5. The van der Waals surface area contributed by atoms with E-state index in [-0.39, 0.29) is 11.8 Å². The lowest BCUT2D eigenvalue weighted by molar-refractivity contribution is -0.118. The van der Waals surface area contributed by atoms with Gasteiger partial charge in [-0.25, -0.2) is 0 Å². The van der Waals surface area contributed by atoms with Crippen LogP contribution in [0, 0.1) is 19.8 Å². The number of pyridine rings is 1. The Hall–Kier alpha value is -3.68. The summed E-state index contributed by atoms with van der Waals surface area (Å²) in [5, 5.41) is 9.91. The molecule has 1 aromatic carbocycles. The average Bonchev–Trinajstić information content (AvgIpc) is 3.48. The molecular weight excluding hydrogens is 430 g/mol. The zero-order chi connectivity index (χ0) is 24.1. The summed E-state index contributed by atoms with van der Waals surface area (Å²) in [6, 6.07) is 8.21.